The van der Waals surface area contributed by atoms with Crippen LogP contribution in [0, 0.1) is 0 Å². The van der Waals surface area contributed by atoms with Crippen molar-refractivity contribution in [1.82, 2.24) is 29.7 Å². The summed E-state index contributed by atoms with van der Waals surface area (Å²) in [7, 11) is 0. The first kappa shape index (κ1) is 21.0. The molecule has 0 spiro atoms. The number of anilines is 1. The Morgan fingerprint density at radius 1 is 1.19 bits per heavy atom. The molecule has 0 saturated carbocycles. The minimum absolute atomic E-state index is 0.0904. The second kappa shape index (κ2) is 9.29. The number of hydrogen-bond acceptors (Lipinski definition) is 8. The molecular formula is C18H14ClN7O3S2. The smallest absolute Gasteiger partial charge is 0.311 e. The van der Waals surface area contributed by atoms with Gasteiger partial charge < -0.3 is 10.3 Å². The number of hydrogen-bond donors (Lipinski definition) is 3. The van der Waals surface area contributed by atoms with Gasteiger partial charge in [-0.15, -0.1) is 21.5 Å². The molecule has 0 aliphatic rings. The highest BCUT2D eigenvalue weighted by molar-refractivity contribution is 7.99. The highest BCUT2D eigenvalue weighted by atomic mass is 35.5. The quantitative estimate of drug-likeness (QED) is 0.348. The third-order valence-electron chi connectivity index (χ3n) is 3.96. The van der Waals surface area contributed by atoms with E-state index >= 15 is 0 Å². The highest BCUT2D eigenvalue weighted by Crippen LogP contribution is 2.24. The van der Waals surface area contributed by atoms with Gasteiger partial charge in [0, 0.05) is 40.5 Å². The third kappa shape index (κ3) is 5.29. The number of benzene rings is 1. The van der Waals surface area contributed by atoms with Crippen LogP contribution in [0.25, 0.3) is 5.69 Å². The number of carbonyl (C=O) groups excluding carboxylic acids is 1. The lowest BCUT2D eigenvalue weighted by molar-refractivity contribution is -0.113. The van der Waals surface area contributed by atoms with E-state index in [1.807, 2.05) is 0 Å². The van der Waals surface area contributed by atoms with Gasteiger partial charge in [-0.05, 0) is 24.3 Å². The lowest BCUT2D eigenvalue weighted by atomic mass is 10.2. The summed E-state index contributed by atoms with van der Waals surface area (Å²) in [4.78, 5) is 44.2. The van der Waals surface area contributed by atoms with Gasteiger partial charge >= 0.3 is 5.69 Å². The van der Waals surface area contributed by atoms with Gasteiger partial charge in [-0.25, -0.2) is 9.78 Å². The van der Waals surface area contributed by atoms with E-state index in [0.717, 1.165) is 5.69 Å². The molecule has 1 aromatic carbocycles. The summed E-state index contributed by atoms with van der Waals surface area (Å²) >= 11 is 8.53. The fourth-order valence-electron chi connectivity index (χ4n) is 2.71. The number of thioether (sulfide) groups is 1. The van der Waals surface area contributed by atoms with E-state index in [4.69, 9.17) is 11.6 Å². The zero-order valence-corrected chi connectivity index (χ0v) is 18.1. The Morgan fingerprint density at radius 3 is 2.71 bits per heavy atom. The molecule has 0 aliphatic carbocycles. The molecular weight excluding hydrogens is 462 g/mol. The molecule has 31 heavy (non-hydrogen) atoms. The second-order valence-corrected chi connectivity index (χ2v) is 8.45. The number of amides is 1. The monoisotopic (exact) mass is 475 g/mol. The standard InChI is InChI=1S/C18H14ClN7O3S2/c19-10-1-3-12(4-2-10)26-13(7-11-8-14(27)22-16(29)21-11)24-25-18(26)31-9-15(28)23-17-20-5-6-30-17/h1-6,8H,7,9H2,(H,20,23,28)(H2,21,22,27,29). The van der Waals surface area contributed by atoms with Crippen molar-refractivity contribution in [2.24, 2.45) is 0 Å². The number of aromatic nitrogens is 6. The van der Waals surface area contributed by atoms with Gasteiger partial charge in [0.1, 0.15) is 5.82 Å². The van der Waals surface area contributed by atoms with Gasteiger partial charge in [-0.1, -0.05) is 23.4 Å². The number of carbonyl (C=O) groups is 1. The number of nitrogens with one attached hydrogen (secondary N) is 3. The van der Waals surface area contributed by atoms with Crippen LogP contribution < -0.4 is 16.6 Å². The number of halogens is 1. The van der Waals surface area contributed by atoms with Crippen LogP contribution in [0.15, 0.2) is 56.7 Å². The molecule has 4 rings (SSSR count). The molecule has 0 fully saturated rings. The van der Waals surface area contributed by atoms with E-state index in [1.54, 1.807) is 40.4 Å². The predicted octanol–water partition coefficient (Wildman–Crippen LogP) is 2.08. The van der Waals surface area contributed by atoms with Gasteiger partial charge in [0.05, 0.1) is 5.75 Å². The lowest BCUT2D eigenvalue weighted by Gasteiger charge is -2.10. The fraction of sp³-hybridized carbons (Fsp3) is 0.111. The van der Waals surface area contributed by atoms with E-state index in [1.165, 1.54) is 29.2 Å². The molecule has 3 aromatic heterocycles. The van der Waals surface area contributed by atoms with Crippen LogP contribution in [0.3, 0.4) is 0 Å². The maximum atomic E-state index is 12.2. The van der Waals surface area contributed by atoms with Crippen molar-refractivity contribution in [2.75, 3.05) is 11.1 Å². The van der Waals surface area contributed by atoms with Crippen LogP contribution >= 0.6 is 34.7 Å². The Bertz CT molecular complexity index is 1280. The largest absolute Gasteiger partial charge is 0.325 e. The minimum atomic E-state index is -0.603. The average molecular weight is 476 g/mol. The summed E-state index contributed by atoms with van der Waals surface area (Å²) in [6, 6.07) is 8.31. The van der Waals surface area contributed by atoms with Crippen molar-refractivity contribution < 1.29 is 4.79 Å². The molecule has 13 heteroatoms. The molecule has 3 heterocycles. The lowest BCUT2D eigenvalue weighted by Crippen LogP contribution is -2.23. The van der Waals surface area contributed by atoms with Crippen LogP contribution in [0.5, 0.6) is 0 Å². The first-order valence-corrected chi connectivity index (χ1v) is 11.1. The summed E-state index contributed by atoms with van der Waals surface area (Å²) in [5.74, 6) is 0.338. The first-order chi connectivity index (χ1) is 15.0. The fourth-order valence-corrected chi connectivity index (χ4v) is 4.16. The molecule has 158 valence electrons. The molecule has 3 N–H and O–H groups in total. The number of thiazole rings is 1. The minimum Gasteiger partial charge on any atom is -0.311 e. The van der Waals surface area contributed by atoms with E-state index in [9.17, 15) is 14.4 Å². The van der Waals surface area contributed by atoms with Crippen molar-refractivity contribution in [3.8, 4) is 5.69 Å². The van der Waals surface area contributed by atoms with Crippen molar-refractivity contribution in [1.29, 1.82) is 0 Å². The zero-order chi connectivity index (χ0) is 21.8. The van der Waals surface area contributed by atoms with Crippen molar-refractivity contribution in [3.05, 3.63) is 79.3 Å². The van der Waals surface area contributed by atoms with E-state index in [0.29, 0.717) is 26.8 Å². The number of H-pyrrole nitrogens is 2. The predicted molar refractivity (Wildman–Crippen MR) is 118 cm³/mol. The van der Waals surface area contributed by atoms with Crippen LogP contribution in [-0.2, 0) is 11.2 Å². The molecule has 0 atom stereocenters. The molecule has 0 aliphatic heterocycles. The summed E-state index contributed by atoms with van der Waals surface area (Å²) in [5.41, 5.74) is -0.00729. The van der Waals surface area contributed by atoms with Crippen molar-refractivity contribution in [2.45, 2.75) is 11.6 Å². The number of rotatable bonds is 7. The third-order valence-corrected chi connectivity index (χ3v) is 5.83. The SMILES string of the molecule is O=C(CSc1nnc(Cc2cc(=O)[nH]c(=O)[nH]2)n1-c1ccc(Cl)cc1)Nc1nccs1. The molecule has 0 bridgehead atoms. The summed E-state index contributed by atoms with van der Waals surface area (Å²) in [6.45, 7) is 0. The van der Waals surface area contributed by atoms with Crippen LogP contribution in [0.4, 0.5) is 5.13 Å². The highest BCUT2D eigenvalue weighted by Gasteiger charge is 2.17. The van der Waals surface area contributed by atoms with Crippen LogP contribution in [-0.4, -0.2) is 41.4 Å². The Morgan fingerprint density at radius 2 is 2.00 bits per heavy atom. The van der Waals surface area contributed by atoms with E-state index in [2.05, 4.69) is 30.5 Å². The van der Waals surface area contributed by atoms with Crippen LogP contribution in [0.1, 0.15) is 11.5 Å². The van der Waals surface area contributed by atoms with E-state index in [-0.39, 0.29) is 18.1 Å². The summed E-state index contributed by atoms with van der Waals surface area (Å²) < 4.78 is 1.75. The van der Waals surface area contributed by atoms with Gasteiger partial charge in [0.15, 0.2) is 10.3 Å². The topological polar surface area (TPSA) is 138 Å². The van der Waals surface area contributed by atoms with Gasteiger partial charge in [0.2, 0.25) is 5.91 Å². The number of aromatic amines is 2. The maximum absolute atomic E-state index is 12.2. The van der Waals surface area contributed by atoms with E-state index < -0.39 is 11.2 Å². The Kier molecular flexibility index (Phi) is 6.30. The number of nitrogens with zero attached hydrogens (tertiary/aromatic N) is 4. The molecule has 4 aromatic rings. The molecule has 0 radical (unpaired) electrons. The van der Waals surface area contributed by atoms with Crippen LogP contribution in [0.2, 0.25) is 5.02 Å². The zero-order valence-electron chi connectivity index (χ0n) is 15.7. The maximum Gasteiger partial charge on any atom is 0.325 e. The Hall–Kier alpha value is -3.22. The van der Waals surface area contributed by atoms with Crippen molar-refractivity contribution >= 4 is 45.7 Å². The summed E-state index contributed by atoms with van der Waals surface area (Å²) in [6.07, 6.45) is 1.76. The first-order valence-electron chi connectivity index (χ1n) is 8.83. The summed E-state index contributed by atoms with van der Waals surface area (Å²) in [5, 5.41) is 14.4. The molecule has 10 nitrogen and oxygen atoms in total. The molecule has 0 unspecified atom stereocenters. The average Bonchev–Trinajstić information content (AvgIpc) is 3.36. The van der Waals surface area contributed by atoms with Gasteiger partial charge in [-0.3, -0.25) is 19.1 Å². The normalized spacial score (nSPS) is 10.9. The Balaban J connectivity index is 1.61. The van der Waals surface area contributed by atoms with Crippen molar-refractivity contribution in [3.63, 3.8) is 0 Å². The second-order valence-electron chi connectivity index (χ2n) is 6.17. The molecule has 1 amide bonds. The Labute approximate surface area is 187 Å². The molecule has 0 saturated heterocycles. The van der Waals surface area contributed by atoms with Gasteiger partial charge in [0.25, 0.3) is 5.56 Å². The van der Waals surface area contributed by atoms with Gasteiger partial charge in [-0.2, -0.15) is 0 Å².